The van der Waals surface area contributed by atoms with Gasteiger partial charge in [-0.1, -0.05) is 41.7 Å². The lowest BCUT2D eigenvalue weighted by Gasteiger charge is -2.36. The summed E-state index contributed by atoms with van der Waals surface area (Å²) in [5.41, 5.74) is 3.16. The van der Waals surface area contributed by atoms with E-state index in [-0.39, 0.29) is 5.06 Å². The molecule has 9 heteroatoms. The van der Waals surface area contributed by atoms with Crippen LogP contribution in [0.25, 0.3) is 0 Å². The molecule has 6 nitrogen and oxygen atoms in total. The van der Waals surface area contributed by atoms with Crippen LogP contribution in [-0.2, 0) is 6.54 Å². The number of nitrogens with zero attached hydrogens (tertiary/aromatic N) is 3. The molecule has 3 aromatic rings. The number of β-amino-alcohol motifs (C(OH)–C–C–N with tert-alkyl or cyclic N) is 1. The molecule has 3 N–H and O–H groups in total. The summed E-state index contributed by atoms with van der Waals surface area (Å²) in [6.45, 7) is 3.93. The molecule has 2 heterocycles. The maximum Gasteiger partial charge on any atom is 0.217 e. The number of aliphatic hydroxyl groups is 1. The predicted octanol–water partition coefficient (Wildman–Crippen LogP) is 4.45. The quantitative estimate of drug-likeness (QED) is 0.355. The Morgan fingerprint density at radius 2 is 2.10 bits per heavy atom. The summed E-state index contributed by atoms with van der Waals surface area (Å²) in [6.07, 6.45) is 0.582. The molecule has 0 bridgehead atoms. The minimum atomic E-state index is -1.06. The summed E-state index contributed by atoms with van der Waals surface area (Å²) in [5.74, 6) is -0.0885. The molecule has 4 rings (SSSR count). The summed E-state index contributed by atoms with van der Waals surface area (Å²) in [6, 6.07) is 13.4. The van der Waals surface area contributed by atoms with Crippen LogP contribution < -0.4 is 9.62 Å². The number of rotatable bonds is 7. The molecular formula is C22H25FN4O2S2. The van der Waals surface area contributed by atoms with E-state index in [2.05, 4.69) is 26.7 Å². The Hall–Kier alpha value is -2.33. The van der Waals surface area contributed by atoms with Gasteiger partial charge in [-0.15, -0.1) is 0 Å². The first kappa shape index (κ1) is 21.9. The maximum atomic E-state index is 14.8. The molecule has 31 heavy (non-hydrogen) atoms. The summed E-state index contributed by atoms with van der Waals surface area (Å²) < 4.78 is 17.7. The minimum Gasteiger partial charge on any atom is -0.497 e. The zero-order valence-electron chi connectivity index (χ0n) is 17.4. The van der Waals surface area contributed by atoms with Crippen LogP contribution in [0.5, 0.6) is 5.06 Å². The van der Waals surface area contributed by atoms with Crippen molar-refractivity contribution in [3.05, 3.63) is 64.9 Å². The Morgan fingerprint density at radius 3 is 2.81 bits per heavy atom. The highest BCUT2D eigenvalue weighted by molar-refractivity contribution is 8.00. The van der Waals surface area contributed by atoms with Crippen LogP contribution in [0.4, 0.5) is 15.9 Å². The SMILES string of the molecule is Cc1cc(SNc2ncsc2O)c(F)cc1N(C)C1(O)CCN(Cc2ccccc2)C1. The summed E-state index contributed by atoms with van der Waals surface area (Å²) in [7, 11) is 1.81. The first-order chi connectivity index (χ1) is 14.9. The molecule has 0 radical (unpaired) electrons. The molecule has 1 unspecified atom stereocenters. The molecule has 0 amide bonds. The fourth-order valence-corrected chi connectivity index (χ4v) is 5.11. The Bertz CT molecular complexity index is 1050. The van der Waals surface area contributed by atoms with Crippen LogP contribution in [0.2, 0.25) is 0 Å². The predicted molar refractivity (Wildman–Crippen MR) is 124 cm³/mol. The van der Waals surface area contributed by atoms with E-state index in [1.54, 1.807) is 11.0 Å². The number of hydrogen-bond donors (Lipinski definition) is 3. The van der Waals surface area contributed by atoms with E-state index in [9.17, 15) is 14.6 Å². The second kappa shape index (κ2) is 9.04. The number of thiazole rings is 1. The number of halogens is 1. The second-order valence-corrected chi connectivity index (χ2v) is 9.45. The van der Waals surface area contributed by atoms with Gasteiger partial charge in [0.25, 0.3) is 0 Å². The van der Waals surface area contributed by atoms with Crippen molar-refractivity contribution in [2.24, 2.45) is 0 Å². The van der Waals surface area contributed by atoms with Crippen LogP contribution in [0.3, 0.4) is 0 Å². The molecule has 2 aromatic carbocycles. The van der Waals surface area contributed by atoms with Crippen molar-refractivity contribution >= 4 is 34.8 Å². The molecule has 164 valence electrons. The van der Waals surface area contributed by atoms with Gasteiger partial charge < -0.3 is 19.8 Å². The lowest BCUT2D eigenvalue weighted by molar-refractivity contribution is 0.0494. The van der Waals surface area contributed by atoms with E-state index in [1.165, 1.54) is 17.1 Å². The Kier molecular flexibility index (Phi) is 6.38. The van der Waals surface area contributed by atoms with Crippen molar-refractivity contribution in [3.8, 4) is 5.06 Å². The van der Waals surface area contributed by atoms with Gasteiger partial charge in [0, 0.05) is 38.8 Å². The average molecular weight is 461 g/mol. The number of anilines is 2. The van der Waals surface area contributed by atoms with Crippen LogP contribution in [0, 0.1) is 12.7 Å². The lowest BCUT2D eigenvalue weighted by Crippen LogP contribution is -2.49. The van der Waals surface area contributed by atoms with Crippen LogP contribution >= 0.6 is 23.3 Å². The van der Waals surface area contributed by atoms with Gasteiger partial charge in [-0.3, -0.25) is 4.90 Å². The molecule has 1 saturated heterocycles. The minimum absolute atomic E-state index is 0.0597. The van der Waals surface area contributed by atoms with Crippen LogP contribution in [-0.4, -0.2) is 46.0 Å². The largest absolute Gasteiger partial charge is 0.497 e. The molecule has 1 fully saturated rings. The highest BCUT2D eigenvalue weighted by atomic mass is 32.2. The fraction of sp³-hybridized carbons (Fsp3) is 0.318. The van der Waals surface area contributed by atoms with Gasteiger partial charge in [0.15, 0.2) is 11.5 Å². The standard InChI is InChI=1S/C22H25FN4O2S2/c1-15-10-19(31-25-20-21(28)30-14-24-20)17(23)11-18(15)26(2)22(29)8-9-27(13-22)12-16-6-4-3-5-7-16/h3-7,10-11,14,25,28-29H,8-9,12-13H2,1-2H3. The number of benzene rings is 2. The summed E-state index contributed by atoms with van der Waals surface area (Å²) >= 11 is 2.16. The number of aryl methyl sites for hydroxylation is 1. The highest BCUT2D eigenvalue weighted by Gasteiger charge is 2.40. The first-order valence-electron chi connectivity index (χ1n) is 9.94. The average Bonchev–Trinajstić information content (AvgIpc) is 3.34. The van der Waals surface area contributed by atoms with Gasteiger partial charge in [-0.2, -0.15) is 0 Å². The number of likely N-dealkylation sites (N-methyl/N-ethyl adjacent to an activating group) is 1. The lowest BCUT2D eigenvalue weighted by atomic mass is 10.1. The molecular weight excluding hydrogens is 435 g/mol. The maximum absolute atomic E-state index is 14.8. The van der Waals surface area contributed by atoms with Crippen molar-refractivity contribution in [3.63, 3.8) is 0 Å². The van der Waals surface area contributed by atoms with E-state index < -0.39 is 11.5 Å². The molecule has 1 atom stereocenters. The third-order valence-corrected chi connectivity index (χ3v) is 7.05. The second-order valence-electron chi connectivity index (χ2n) is 7.77. The van der Waals surface area contributed by atoms with Crippen molar-refractivity contribution in [2.45, 2.75) is 30.5 Å². The van der Waals surface area contributed by atoms with Gasteiger partial charge in [0.1, 0.15) is 5.82 Å². The van der Waals surface area contributed by atoms with E-state index >= 15 is 0 Å². The van der Waals surface area contributed by atoms with E-state index in [4.69, 9.17) is 0 Å². The fourth-order valence-electron chi connectivity index (χ4n) is 3.83. The van der Waals surface area contributed by atoms with Gasteiger partial charge in [0.2, 0.25) is 5.06 Å². The van der Waals surface area contributed by atoms with Crippen LogP contribution in [0.1, 0.15) is 17.5 Å². The number of hydrogen-bond acceptors (Lipinski definition) is 8. The number of nitrogens with one attached hydrogen (secondary N) is 1. The summed E-state index contributed by atoms with van der Waals surface area (Å²) in [4.78, 5) is 8.39. The summed E-state index contributed by atoms with van der Waals surface area (Å²) in [5, 5.41) is 21.1. The highest BCUT2D eigenvalue weighted by Crippen LogP contribution is 2.36. The van der Waals surface area contributed by atoms with E-state index in [0.717, 1.165) is 41.9 Å². The van der Waals surface area contributed by atoms with Crippen LogP contribution in [0.15, 0.2) is 52.9 Å². The van der Waals surface area contributed by atoms with Crippen molar-refractivity contribution < 1.29 is 14.6 Å². The smallest absolute Gasteiger partial charge is 0.217 e. The van der Waals surface area contributed by atoms with Gasteiger partial charge in [0.05, 0.1) is 10.4 Å². The Labute approximate surface area is 189 Å². The van der Waals surface area contributed by atoms with Crippen molar-refractivity contribution in [2.75, 3.05) is 29.8 Å². The van der Waals surface area contributed by atoms with E-state index in [0.29, 0.717) is 29.4 Å². The third-order valence-electron chi connectivity index (χ3n) is 5.60. The number of aromatic nitrogens is 1. The molecule has 0 spiro atoms. The number of likely N-dealkylation sites (tertiary alicyclic amines) is 1. The molecule has 0 saturated carbocycles. The van der Waals surface area contributed by atoms with Crippen molar-refractivity contribution in [1.29, 1.82) is 0 Å². The van der Waals surface area contributed by atoms with Gasteiger partial charge >= 0.3 is 0 Å². The molecule has 0 aliphatic carbocycles. The molecule has 1 aromatic heterocycles. The molecule has 1 aliphatic heterocycles. The van der Waals surface area contributed by atoms with Crippen molar-refractivity contribution in [1.82, 2.24) is 9.88 Å². The Balaban J connectivity index is 1.46. The van der Waals surface area contributed by atoms with Gasteiger partial charge in [-0.25, -0.2) is 9.37 Å². The molecule has 1 aliphatic rings. The zero-order valence-corrected chi connectivity index (χ0v) is 19.0. The Morgan fingerprint density at radius 1 is 1.32 bits per heavy atom. The van der Waals surface area contributed by atoms with Gasteiger partial charge in [-0.05, 0) is 42.1 Å². The normalized spacial score (nSPS) is 19.0. The van der Waals surface area contributed by atoms with E-state index in [1.807, 2.05) is 32.2 Å². The third kappa shape index (κ3) is 4.79. The number of aromatic hydroxyl groups is 1. The monoisotopic (exact) mass is 460 g/mol. The first-order valence-corrected chi connectivity index (χ1v) is 11.6. The topological polar surface area (TPSA) is 71.9 Å². The zero-order chi connectivity index (χ0) is 22.0.